The lowest BCUT2D eigenvalue weighted by atomic mass is 9.71. The number of carbonyl (C=O) groups is 3. The molecule has 0 saturated carbocycles. The highest BCUT2D eigenvalue weighted by Gasteiger charge is 2.65. The third kappa shape index (κ3) is 13.2. The molecule has 0 amide bonds. The third-order valence-corrected chi connectivity index (χ3v) is 30.3. The average Bonchev–Trinajstić information content (AvgIpc) is 1.49. The lowest BCUT2D eigenvalue weighted by Gasteiger charge is -2.62. The van der Waals surface area contributed by atoms with Crippen LogP contribution >= 0.6 is 23.5 Å². The minimum atomic E-state index is -1.40. The molecule has 4 saturated heterocycles. The van der Waals surface area contributed by atoms with Crippen molar-refractivity contribution in [2.75, 3.05) is 93.9 Å². The standard InChI is InChI=1S/C50H54N4O11S.C45H46N4O9S/c1-25-16-29-17-31-32(20-51)54-33-22-61-47(56)50(30-19-34(58-7)35(18-28(30)14-15-52-50)64-48(57)65-49(3,4)5)23-66-46(40(54)39(53(31)6)36(29)41(55)42(25)59-8)38-37(33)45-44(62-24-63-45)26(2)43(38)60-21-27-12-10-9-11-13-27;1-22-13-26-14-28-29(17-46)49-30-19-56-44(52)45(27-16-32(53-4)31(50)15-25(27)11-12-47-45)20-59-43(37(49)36(48(28)3)33(26)38(51)39(22)54-5)35-34(30)42-41(57-21-58-42)23(2)40(35)55-18-24-9-7-6-8-10-24/h9-13,16,18-19,31-33,39-40,46,52,55H,14-15,17,21-24H2,1-8H3;6-10,13,15-16,28-30,36-37,43,47,50-51H,11-12,14,18-21H2,1-5H3/t31-,32-,33-,39+,40?,46+,50+;28-,29-,30-,36+,37?,43+,45+/m00/s1. The second-order valence-corrected chi connectivity index (χ2v) is 37.3. The van der Waals surface area contributed by atoms with Crippen molar-refractivity contribution in [1.82, 2.24) is 30.2 Å². The van der Waals surface area contributed by atoms with Crippen LogP contribution in [0.15, 0.2) is 97.1 Å². The van der Waals surface area contributed by atoms with E-state index in [0.29, 0.717) is 95.9 Å². The Morgan fingerprint density at radius 1 is 0.536 bits per heavy atom. The molecule has 2 unspecified atom stereocenters. The molecule has 0 aromatic heterocycles. The molecule has 2 spiro atoms. The second kappa shape index (κ2) is 32.0. The fourth-order valence-corrected chi connectivity index (χ4v) is 25.5. The highest BCUT2D eigenvalue weighted by Crippen LogP contribution is 2.68. The molecule has 0 aliphatic carbocycles. The molecule has 28 nitrogen and oxygen atoms in total. The number of phenolic OH excluding ortho intramolecular Hbond substituents is 3. The molecule has 8 bridgehead atoms. The Labute approximate surface area is 733 Å². The highest BCUT2D eigenvalue weighted by atomic mass is 32.2. The van der Waals surface area contributed by atoms with Gasteiger partial charge in [-0.15, -0.1) is 23.5 Å². The van der Waals surface area contributed by atoms with Gasteiger partial charge in [-0.25, -0.2) is 14.4 Å². The van der Waals surface area contributed by atoms with Crippen LogP contribution < -0.4 is 62.7 Å². The monoisotopic (exact) mass is 1740 g/mol. The van der Waals surface area contributed by atoms with Crippen LogP contribution in [0.5, 0.6) is 80.5 Å². The summed E-state index contributed by atoms with van der Waals surface area (Å²) in [4.78, 5) is 52.0. The largest absolute Gasteiger partial charge is 0.514 e. The Morgan fingerprint density at radius 2 is 0.968 bits per heavy atom. The number of esters is 2. The number of carbonyl (C=O) groups excluding carboxylic acids is 3. The Morgan fingerprint density at radius 3 is 1.39 bits per heavy atom. The van der Waals surface area contributed by atoms with Crippen molar-refractivity contribution in [1.29, 1.82) is 10.5 Å². The van der Waals surface area contributed by atoms with E-state index in [2.05, 4.69) is 54.5 Å². The van der Waals surface area contributed by atoms with E-state index >= 15 is 4.79 Å². The molecular weight excluding hydrogens is 1640 g/mol. The summed E-state index contributed by atoms with van der Waals surface area (Å²) in [6, 6.07) is 31.4. The zero-order chi connectivity index (χ0) is 87.3. The van der Waals surface area contributed by atoms with Crippen molar-refractivity contribution in [3.05, 3.63) is 197 Å². The number of rotatable bonds is 11. The first kappa shape index (κ1) is 83.4. The van der Waals surface area contributed by atoms with Crippen molar-refractivity contribution < 1.29 is 96.0 Å². The van der Waals surface area contributed by atoms with Gasteiger partial charge in [0.05, 0.1) is 75.2 Å². The molecule has 8 aromatic rings. The summed E-state index contributed by atoms with van der Waals surface area (Å²) >= 11 is 3.15. The Hall–Kier alpha value is -11.2. The lowest BCUT2D eigenvalue weighted by molar-refractivity contribution is -0.158. The van der Waals surface area contributed by atoms with Crippen LogP contribution in [0.25, 0.3) is 0 Å². The number of likely N-dealkylation sites (N-methyl/N-ethyl adjacent to an activating group) is 2. The minimum Gasteiger partial charge on any atom is -0.504 e. The van der Waals surface area contributed by atoms with Crippen molar-refractivity contribution in [3.63, 3.8) is 0 Å². The molecular formula is C95H100N8O20S2. The topological polar surface area (TPSA) is 326 Å². The number of nitrogens with one attached hydrogen (secondary N) is 2. The number of aryl methyl sites for hydroxylation is 2. The predicted molar refractivity (Wildman–Crippen MR) is 460 cm³/mol. The number of benzene rings is 8. The smallest absolute Gasteiger partial charge is 0.504 e. The number of fused-ring (bicyclic) bond motifs is 18. The molecule has 30 heteroatoms. The van der Waals surface area contributed by atoms with E-state index in [9.17, 15) is 35.4 Å². The Kier molecular flexibility index (Phi) is 21.4. The van der Waals surface area contributed by atoms with Gasteiger partial charge in [-0.05, 0) is 168 Å². The van der Waals surface area contributed by atoms with Crippen LogP contribution in [0.1, 0.15) is 156 Å². The normalized spacial score (nSPS) is 26.9. The van der Waals surface area contributed by atoms with E-state index in [1.54, 1.807) is 82.8 Å². The van der Waals surface area contributed by atoms with E-state index in [0.717, 1.165) is 89.0 Å². The van der Waals surface area contributed by atoms with Gasteiger partial charge in [0.25, 0.3) is 0 Å². The summed E-state index contributed by atoms with van der Waals surface area (Å²) in [5, 5.41) is 64.1. The van der Waals surface area contributed by atoms with Crippen LogP contribution in [0, 0.1) is 50.4 Å². The summed E-state index contributed by atoms with van der Waals surface area (Å²) in [7, 11) is 10.2. The van der Waals surface area contributed by atoms with Crippen molar-refractivity contribution in [2.45, 2.75) is 175 Å². The molecule has 8 aromatic carbocycles. The SMILES string of the molecule is COc1cc2c(cc1O)CCN[C@]21CS[C@@H]2c3c(OCc4ccccc4)c(C)c4c(c3[C@H](COC1=O)N1C2[C@H]2c3c(cc(C)c(OC)c3O)C[C@@H]([C@@H]1C#N)N2C)OCO4.COc1cc2c(cc1OC(=O)OC(C)(C)C)CCN[C@]21CS[C@@H]2c3c(OCc4ccccc4)c(C)c4c(c3[C@H](COC1=O)N1C2[C@H]2c3c(cc(C)c(OC)c3O)C[C@@H]([C@@H]1C#N)N2C)OCO4. The highest BCUT2D eigenvalue weighted by molar-refractivity contribution is 7.99. The molecule has 22 rings (SSSR count). The minimum absolute atomic E-state index is 0.00310. The summed E-state index contributed by atoms with van der Waals surface area (Å²) in [6.07, 6.45) is 1.26. The van der Waals surface area contributed by atoms with Crippen molar-refractivity contribution >= 4 is 41.6 Å². The summed E-state index contributed by atoms with van der Waals surface area (Å²) in [6.45, 7) is 14.2. The molecule has 5 N–H and O–H groups in total. The average molecular weight is 1740 g/mol. The van der Waals surface area contributed by atoms with Crippen molar-refractivity contribution in [2.24, 2.45) is 0 Å². The quantitative estimate of drug-likeness (QED) is 0.0456. The first-order valence-electron chi connectivity index (χ1n) is 42.2. The fourth-order valence-electron chi connectivity index (χ4n) is 22.1. The fraction of sp³-hybridized carbons (Fsp3) is 0.442. The maximum atomic E-state index is 15.2. The molecule has 14 atom stereocenters. The molecule has 125 heavy (non-hydrogen) atoms. The molecule has 4 fully saturated rings. The van der Waals surface area contributed by atoms with E-state index in [4.69, 9.17) is 66.3 Å². The number of hydrogen-bond acceptors (Lipinski definition) is 30. The van der Waals surface area contributed by atoms with Gasteiger partial charge in [-0.2, -0.15) is 10.5 Å². The van der Waals surface area contributed by atoms with Gasteiger partial charge >= 0.3 is 18.1 Å². The predicted octanol–water partition coefficient (Wildman–Crippen LogP) is 12.9. The Balaban J connectivity index is 0.000000165. The van der Waals surface area contributed by atoms with E-state index < -0.39 is 93.6 Å². The number of nitrogens with zero attached hydrogens (tertiary/aromatic N) is 6. The number of piperazine rings is 2. The van der Waals surface area contributed by atoms with Gasteiger partial charge in [-0.3, -0.25) is 30.2 Å². The zero-order valence-corrected chi connectivity index (χ0v) is 73.5. The number of phenols is 3. The number of aromatic hydroxyl groups is 3. The first-order chi connectivity index (χ1) is 60.3. The van der Waals surface area contributed by atoms with Crippen LogP contribution in [0.2, 0.25) is 0 Å². The molecule has 14 aliphatic heterocycles. The first-order valence-corrected chi connectivity index (χ1v) is 44.3. The van der Waals surface area contributed by atoms with Gasteiger partial charge in [0.2, 0.25) is 13.6 Å². The molecule has 0 radical (unpaired) electrons. The Bertz CT molecular complexity index is 5820. The summed E-state index contributed by atoms with van der Waals surface area (Å²) in [5.74, 6) is 4.56. The zero-order valence-electron chi connectivity index (χ0n) is 71.8. The van der Waals surface area contributed by atoms with Crippen molar-refractivity contribution in [3.8, 4) is 92.6 Å². The maximum absolute atomic E-state index is 15.2. The maximum Gasteiger partial charge on any atom is 0.514 e. The van der Waals surface area contributed by atoms with Gasteiger partial charge < -0.3 is 81.6 Å². The van der Waals surface area contributed by atoms with Crippen LogP contribution in [-0.2, 0) is 73.8 Å². The van der Waals surface area contributed by atoms with E-state index in [1.165, 1.54) is 14.2 Å². The van der Waals surface area contributed by atoms with Gasteiger partial charge in [0.15, 0.2) is 80.1 Å². The van der Waals surface area contributed by atoms with E-state index in [1.807, 2.05) is 102 Å². The van der Waals surface area contributed by atoms with Crippen LogP contribution in [0.3, 0.4) is 0 Å². The number of methoxy groups -OCH3 is 4. The molecule has 14 aliphatic rings. The van der Waals surface area contributed by atoms with Crippen LogP contribution in [0.4, 0.5) is 4.79 Å². The van der Waals surface area contributed by atoms with Gasteiger partial charge in [0, 0.05) is 93.3 Å². The third-order valence-electron chi connectivity index (χ3n) is 27.4. The molecule has 652 valence electrons. The van der Waals surface area contributed by atoms with Gasteiger partial charge in [-0.1, -0.05) is 72.8 Å². The summed E-state index contributed by atoms with van der Waals surface area (Å²) < 4.78 is 86.6. The summed E-state index contributed by atoms with van der Waals surface area (Å²) in [5.41, 5.74) is 11.3. The van der Waals surface area contributed by atoms with E-state index in [-0.39, 0.29) is 98.1 Å². The number of ether oxygens (including phenoxy) is 14. The van der Waals surface area contributed by atoms with Gasteiger partial charge in [0.1, 0.15) is 55.6 Å². The number of thioether (sulfide) groups is 2. The lowest BCUT2D eigenvalue weighted by Crippen LogP contribution is -2.69. The second-order valence-electron chi connectivity index (χ2n) is 35.1. The number of nitriles is 2. The molecule has 14 heterocycles. The number of hydrogen-bond donors (Lipinski definition) is 5. The van der Waals surface area contributed by atoms with Crippen LogP contribution in [-0.4, -0.2) is 189 Å².